The number of carbonyl (C=O) groups is 1. The summed E-state index contributed by atoms with van der Waals surface area (Å²) < 4.78 is 11.6. The van der Waals surface area contributed by atoms with Gasteiger partial charge in [0.05, 0.1) is 22.8 Å². The van der Waals surface area contributed by atoms with Crippen molar-refractivity contribution in [3.05, 3.63) is 39.6 Å². The van der Waals surface area contributed by atoms with Crippen LogP contribution in [0, 0.1) is 24.7 Å². The van der Waals surface area contributed by atoms with Crippen LogP contribution in [0.25, 0.3) is 11.3 Å². The van der Waals surface area contributed by atoms with Gasteiger partial charge in [-0.05, 0) is 44.2 Å². The number of fused-ring (bicyclic) bond motifs is 2. The number of halogens is 2. The third-order valence-electron chi connectivity index (χ3n) is 5.82. The molecule has 4 rings (SSSR count). The van der Waals surface area contributed by atoms with Crippen molar-refractivity contribution in [2.45, 2.75) is 45.8 Å². The van der Waals surface area contributed by atoms with E-state index in [-0.39, 0.29) is 17.9 Å². The third kappa shape index (κ3) is 3.08. The Labute approximate surface area is 162 Å². The van der Waals surface area contributed by atoms with Gasteiger partial charge in [0.2, 0.25) is 0 Å². The molecular weight excluding hydrogens is 373 g/mol. The molecule has 0 amide bonds. The Kier molecular flexibility index (Phi) is 4.84. The maximum Gasteiger partial charge on any atom is 0.139 e. The Balaban J connectivity index is 1.54. The summed E-state index contributed by atoms with van der Waals surface area (Å²) in [5, 5.41) is 5.22. The fourth-order valence-electron chi connectivity index (χ4n) is 4.39. The van der Waals surface area contributed by atoms with E-state index in [4.69, 9.17) is 32.5 Å². The highest BCUT2D eigenvalue weighted by atomic mass is 35.5. The number of aromatic nitrogens is 1. The molecule has 4 unspecified atom stereocenters. The van der Waals surface area contributed by atoms with Crippen LogP contribution in [0.1, 0.15) is 37.5 Å². The SMILES string of the molecule is Cc1onc(-c2c(Cl)cccc2Cl)c1COC1CC2CC(C)C(C1)C2=O. The predicted molar refractivity (Wildman–Crippen MR) is 100 cm³/mol. The number of nitrogens with zero attached hydrogens (tertiary/aromatic N) is 1. The molecule has 0 N–H and O–H groups in total. The van der Waals surface area contributed by atoms with E-state index >= 15 is 0 Å². The molecule has 4 nitrogen and oxygen atoms in total. The summed E-state index contributed by atoms with van der Waals surface area (Å²) in [4.78, 5) is 12.2. The number of benzene rings is 1. The third-order valence-corrected chi connectivity index (χ3v) is 6.45. The molecule has 4 atom stereocenters. The maximum atomic E-state index is 12.2. The van der Waals surface area contributed by atoms with Crippen LogP contribution in [0.2, 0.25) is 10.0 Å². The van der Waals surface area contributed by atoms with Gasteiger partial charge in [0.25, 0.3) is 0 Å². The summed E-state index contributed by atoms with van der Waals surface area (Å²) in [7, 11) is 0. The summed E-state index contributed by atoms with van der Waals surface area (Å²) in [6.45, 7) is 4.40. The average Bonchev–Trinajstić information content (AvgIpc) is 3.00. The van der Waals surface area contributed by atoms with Gasteiger partial charge < -0.3 is 9.26 Å². The van der Waals surface area contributed by atoms with E-state index in [1.807, 2.05) is 6.92 Å². The zero-order chi connectivity index (χ0) is 18.4. The van der Waals surface area contributed by atoms with Gasteiger partial charge in [0.15, 0.2) is 0 Å². The zero-order valence-corrected chi connectivity index (χ0v) is 16.3. The van der Waals surface area contributed by atoms with Crippen molar-refractivity contribution >= 4 is 29.0 Å². The Hall–Kier alpha value is -1.36. The number of carbonyl (C=O) groups excluding carboxylic acids is 1. The number of ether oxygens (including phenoxy) is 1. The summed E-state index contributed by atoms with van der Waals surface area (Å²) in [5.74, 6) is 1.91. The van der Waals surface area contributed by atoms with Gasteiger partial charge >= 0.3 is 0 Å². The van der Waals surface area contributed by atoms with Crippen LogP contribution in [0.4, 0.5) is 0 Å². The minimum Gasteiger partial charge on any atom is -0.373 e. The zero-order valence-electron chi connectivity index (χ0n) is 14.8. The second-order valence-electron chi connectivity index (χ2n) is 7.49. The van der Waals surface area contributed by atoms with Crippen molar-refractivity contribution in [2.24, 2.45) is 17.8 Å². The van der Waals surface area contributed by atoms with Gasteiger partial charge in [-0.1, -0.05) is 41.3 Å². The van der Waals surface area contributed by atoms with Crippen LogP contribution in [0.5, 0.6) is 0 Å². The van der Waals surface area contributed by atoms with Gasteiger partial charge in [-0.2, -0.15) is 0 Å². The quantitative estimate of drug-likeness (QED) is 0.689. The lowest BCUT2D eigenvalue weighted by Crippen LogP contribution is -2.31. The topological polar surface area (TPSA) is 52.3 Å². The second kappa shape index (κ2) is 6.99. The number of hydrogen-bond acceptors (Lipinski definition) is 4. The van der Waals surface area contributed by atoms with Crippen molar-refractivity contribution in [1.82, 2.24) is 5.16 Å². The number of ketones is 1. The van der Waals surface area contributed by atoms with Crippen LogP contribution >= 0.6 is 23.2 Å². The molecule has 2 bridgehead atoms. The fourth-order valence-corrected chi connectivity index (χ4v) is 4.97. The molecule has 2 fully saturated rings. The maximum absolute atomic E-state index is 12.2. The molecule has 1 aromatic heterocycles. The van der Waals surface area contributed by atoms with Crippen LogP contribution in [-0.2, 0) is 16.1 Å². The van der Waals surface area contributed by atoms with Crippen LogP contribution in [0.15, 0.2) is 22.7 Å². The molecule has 0 spiro atoms. The molecule has 0 saturated heterocycles. The van der Waals surface area contributed by atoms with E-state index in [0.29, 0.717) is 45.4 Å². The van der Waals surface area contributed by atoms with E-state index in [2.05, 4.69) is 12.1 Å². The van der Waals surface area contributed by atoms with E-state index in [1.54, 1.807) is 18.2 Å². The first-order chi connectivity index (χ1) is 12.5. The summed E-state index contributed by atoms with van der Waals surface area (Å²) in [6, 6.07) is 5.36. The smallest absolute Gasteiger partial charge is 0.139 e. The molecule has 1 aromatic carbocycles. The lowest BCUT2D eigenvalue weighted by molar-refractivity contribution is -0.130. The molecule has 6 heteroatoms. The van der Waals surface area contributed by atoms with Gasteiger partial charge in [0.1, 0.15) is 17.2 Å². The van der Waals surface area contributed by atoms with Crippen LogP contribution in [0.3, 0.4) is 0 Å². The van der Waals surface area contributed by atoms with Gasteiger partial charge in [-0.15, -0.1) is 0 Å². The molecule has 2 aliphatic rings. The normalized spacial score (nSPS) is 27.9. The van der Waals surface area contributed by atoms with Crippen LogP contribution in [-0.4, -0.2) is 17.0 Å². The van der Waals surface area contributed by atoms with E-state index < -0.39 is 0 Å². The summed E-state index contributed by atoms with van der Waals surface area (Å²) in [6.07, 6.45) is 2.71. The number of aryl methyl sites for hydroxylation is 1. The molecule has 26 heavy (non-hydrogen) atoms. The van der Waals surface area contributed by atoms with Crippen molar-refractivity contribution in [3.63, 3.8) is 0 Å². The lowest BCUT2D eigenvalue weighted by Gasteiger charge is -2.27. The highest BCUT2D eigenvalue weighted by molar-refractivity contribution is 6.39. The average molecular weight is 394 g/mol. The Morgan fingerprint density at radius 1 is 1.23 bits per heavy atom. The van der Waals surface area contributed by atoms with Crippen molar-refractivity contribution in [1.29, 1.82) is 0 Å². The molecule has 2 aliphatic carbocycles. The Morgan fingerprint density at radius 3 is 2.65 bits per heavy atom. The molecule has 138 valence electrons. The number of rotatable bonds is 4. The largest absolute Gasteiger partial charge is 0.373 e. The monoisotopic (exact) mass is 393 g/mol. The van der Waals surface area contributed by atoms with E-state index in [9.17, 15) is 4.79 Å². The second-order valence-corrected chi connectivity index (χ2v) is 8.30. The molecule has 0 aliphatic heterocycles. The first-order valence-electron chi connectivity index (χ1n) is 9.00. The van der Waals surface area contributed by atoms with Crippen LogP contribution < -0.4 is 0 Å². The molecule has 2 saturated carbocycles. The standard InChI is InChI=1S/C20H21Cl2NO3/c1-10-6-12-7-13(8-14(10)20(12)24)25-9-15-11(2)26-23-19(15)18-16(21)4-3-5-17(18)22/h3-5,10,12-14H,6-9H2,1-2H3. The van der Waals surface area contributed by atoms with E-state index in [0.717, 1.165) is 24.8 Å². The first-order valence-corrected chi connectivity index (χ1v) is 9.76. The molecule has 1 heterocycles. The Bertz CT molecular complexity index is 827. The van der Waals surface area contributed by atoms with Gasteiger partial charge in [0, 0.05) is 23.0 Å². The molecular formula is C20H21Cl2NO3. The summed E-state index contributed by atoms with van der Waals surface area (Å²) in [5.41, 5.74) is 2.15. The fraction of sp³-hybridized carbons (Fsp3) is 0.500. The molecule has 0 radical (unpaired) electrons. The highest BCUT2D eigenvalue weighted by Crippen LogP contribution is 2.44. The minimum atomic E-state index is 0.0940. The van der Waals surface area contributed by atoms with Crippen molar-refractivity contribution in [3.8, 4) is 11.3 Å². The number of hydrogen-bond donors (Lipinski definition) is 0. The highest BCUT2D eigenvalue weighted by Gasteiger charge is 2.46. The predicted octanol–water partition coefficient (Wildman–Crippen LogP) is 5.48. The van der Waals surface area contributed by atoms with Gasteiger partial charge in [-0.3, -0.25) is 4.79 Å². The first kappa shape index (κ1) is 18.0. The molecule has 2 aromatic rings. The lowest BCUT2D eigenvalue weighted by atomic mass is 9.84. The minimum absolute atomic E-state index is 0.0940. The van der Waals surface area contributed by atoms with E-state index in [1.165, 1.54) is 0 Å². The van der Waals surface area contributed by atoms with Crippen molar-refractivity contribution in [2.75, 3.05) is 0 Å². The van der Waals surface area contributed by atoms with Crippen molar-refractivity contribution < 1.29 is 14.1 Å². The van der Waals surface area contributed by atoms with Gasteiger partial charge in [-0.25, -0.2) is 0 Å². The number of Topliss-reactive ketones (excluding diaryl/α,β-unsaturated/α-hetero) is 1. The Morgan fingerprint density at radius 2 is 1.96 bits per heavy atom. The summed E-state index contributed by atoms with van der Waals surface area (Å²) >= 11 is 12.7.